The zero-order chi connectivity index (χ0) is 27.3. The highest BCUT2D eigenvalue weighted by Crippen LogP contribution is 2.49. The van der Waals surface area contributed by atoms with Crippen molar-refractivity contribution in [2.45, 2.75) is 57.1 Å². The Balaban J connectivity index is 1.95. The molecule has 1 aliphatic heterocycles. The predicted octanol–water partition coefficient (Wildman–Crippen LogP) is 4.09. The molecule has 2 atom stereocenters. The number of hydrogen-bond donors (Lipinski definition) is 0. The highest BCUT2D eigenvalue weighted by atomic mass is 32.2. The minimum absolute atomic E-state index is 0.00112. The van der Waals surface area contributed by atoms with Crippen LogP contribution in [0, 0.1) is 26.7 Å². The van der Waals surface area contributed by atoms with Crippen LogP contribution in [0.5, 0.6) is 5.88 Å². The Labute approximate surface area is 216 Å². The summed E-state index contributed by atoms with van der Waals surface area (Å²) in [7, 11) is -6.83. The molecule has 9 nitrogen and oxygen atoms in total. The van der Waals surface area contributed by atoms with Crippen LogP contribution in [-0.4, -0.2) is 39.7 Å². The fourth-order valence-corrected chi connectivity index (χ4v) is 7.77. The summed E-state index contributed by atoms with van der Waals surface area (Å²) in [5.74, 6) is 0.859. The number of aryl methyl sites for hydroxylation is 3. The van der Waals surface area contributed by atoms with E-state index in [9.17, 15) is 21.6 Å². The lowest BCUT2D eigenvalue weighted by atomic mass is 9.87. The Morgan fingerprint density at radius 1 is 1.11 bits per heavy atom. The highest BCUT2D eigenvalue weighted by molar-refractivity contribution is 7.95. The van der Waals surface area contributed by atoms with Crippen LogP contribution in [0.25, 0.3) is 11.1 Å². The molecule has 0 radical (unpaired) electrons. The van der Waals surface area contributed by atoms with Crippen molar-refractivity contribution in [2.24, 2.45) is 5.92 Å². The summed E-state index contributed by atoms with van der Waals surface area (Å²) in [6, 6.07) is 7.94. The Kier molecular flexibility index (Phi) is 6.94. The van der Waals surface area contributed by atoms with Crippen molar-refractivity contribution in [3.05, 3.63) is 63.7 Å². The second-order valence-corrected chi connectivity index (χ2v) is 12.5. The topological polar surface area (TPSA) is 122 Å². The molecular weight excluding hydrogens is 516 g/mol. The molecule has 11 heteroatoms. The average molecular weight is 545 g/mol. The standard InChI is InChI=1S/C26H28N2O7S2/c1-7-28-26(35-37(32,33)19-10-8-15(2)9-11-19)21(13-27-28)20-12-16(3)25-23(17(20)4)24(34-6)18(5)22(14-29)36(25,30)31/h8-13,18,24H,7H2,1-6H3. The van der Waals surface area contributed by atoms with Gasteiger partial charge < -0.3 is 8.92 Å². The number of methoxy groups -OCH3 is 1. The molecule has 0 fully saturated rings. The molecule has 2 aromatic carbocycles. The van der Waals surface area contributed by atoms with E-state index in [1.807, 2.05) is 6.92 Å². The van der Waals surface area contributed by atoms with Crippen molar-refractivity contribution in [2.75, 3.05) is 7.11 Å². The van der Waals surface area contributed by atoms with Crippen molar-refractivity contribution < 1.29 is 30.6 Å². The van der Waals surface area contributed by atoms with Gasteiger partial charge in [-0.1, -0.05) is 24.6 Å². The minimum atomic E-state index is -4.18. The number of aromatic nitrogens is 2. The molecule has 1 aromatic heterocycles. The summed E-state index contributed by atoms with van der Waals surface area (Å²) < 4.78 is 65.7. The van der Waals surface area contributed by atoms with E-state index in [0.29, 0.717) is 34.4 Å². The first-order chi connectivity index (χ1) is 17.4. The van der Waals surface area contributed by atoms with Crippen molar-refractivity contribution in [3.63, 3.8) is 0 Å². The van der Waals surface area contributed by atoms with Crippen molar-refractivity contribution in [1.82, 2.24) is 9.78 Å². The molecule has 0 spiro atoms. The smallest absolute Gasteiger partial charge is 0.340 e. The van der Waals surface area contributed by atoms with Gasteiger partial charge in [-0.25, -0.2) is 17.9 Å². The summed E-state index contributed by atoms with van der Waals surface area (Å²) in [5.41, 5.74) is 3.20. The molecule has 1 aliphatic rings. The van der Waals surface area contributed by atoms with Crippen molar-refractivity contribution in [1.29, 1.82) is 0 Å². The largest absolute Gasteiger partial charge is 0.376 e. The van der Waals surface area contributed by atoms with Crippen LogP contribution in [0.2, 0.25) is 0 Å². The number of benzene rings is 2. The maximum Gasteiger partial charge on any atom is 0.340 e. The van der Waals surface area contributed by atoms with E-state index >= 15 is 0 Å². The highest BCUT2D eigenvalue weighted by Gasteiger charge is 2.44. The summed E-state index contributed by atoms with van der Waals surface area (Å²) in [6.07, 6.45) is 0.771. The molecule has 0 bridgehead atoms. The molecular formula is C26H28N2O7S2. The molecule has 4 rings (SSSR count). The van der Waals surface area contributed by atoms with Gasteiger partial charge in [-0.2, -0.15) is 13.5 Å². The van der Waals surface area contributed by atoms with Crippen LogP contribution in [0.15, 0.2) is 51.2 Å². The quantitative estimate of drug-likeness (QED) is 0.336. The van der Waals surface area contributed by atoms with Crippen LogP contribution in [0.1, 0.15) is 42.2 Å². The van der Waals surface area contributed by atoms with E-state index in [2.05, 4.69) is 5.10 Å². The molecule has 0 amide bonds. The summed E-state index contributed by atoms with van der Waals surface area (Å²) >= 11 is 0. The number of nitrogens with zero attached hydrogens (tertiary/aromatic N) is 2. The van der Waals surface area contributed by atoms with Gasteiger partial charge in [0.1, 0.15) is 15.7 Å². The van der Waals surface area contributed by atoms with E-state index in [1.54, 1.807) is 51.8 Å². The van der Waals surface area contributed by atoms with Crippen LogP contribution >= 0.6 is 0 Å². The van der Waals surface area contributed by atoms with E-state index in [-0.39, 0.29) is 20.6 Å². The fraction of sp³-hybridized carbons (Fsp3) is 0.346. The lowest BCUT2D eigenvalue weighted by Gasteiger charge is -2.33. The normalized spacial score (nSPS) is 18.8. The Morgan fingerprint density at radius 2 is 1.76 bits per heavy atom. The van der Waals surface area contributed by atoms with Gasteiger partial charge in [0.15, 0.2) is 0 Å². The summed E-state index contributed by atoms with van der Waals surface area (Å²) in [6.45, 7) is 8.95. The summed E-state index contributed by atoms with van der Waals surface area (Å²) in [5, 5.41) is 4.32. The Morgan fingerprint density at radius 3 is 2.32 bits per heavy atom. The zero-order valence-corrected chi connectivity index (χ0v) is 23.0. The third-order valence-electron chi connectivity index (χ3n) is 6.72. The number of fused-ring (bicyclic) bond motifs is 1. The summed E-state index contributed by atoms with van der Waals surface area (Å²) in [4.78, 5) is 11.3. The predicted molar refractivity (Wildman–Crippen MR) is 137 cm³/mol. The van der Waals surface area contributed by atoms with Gasteiger partial charge in [-0.05, 0) is 62.6 Å². The number of hydrogen-bond acceptors (Lipinski definition) is 8. The molecule has 0 aliphatic carbocycles. The first-order valence-corrected chi connectivity index (χ1v) is 14.5. The van der Waals surface area contributed by atoms with Gasteiger partial charge in [0, 0.05) is 25.1 Å². The van der Waals surface area contributed by atoms with Crippen molar-refractivity contribution >= 4 is 25.9 Å². The van der Waals surface area contributed by atoms with Crippen LogP contribution in [0.3, 0.4) is 0 Å². The van der Waals surface area contributed by atoms with E-state index in [1.165, 1.54) is 30.1 Å². The van der Waals surface area contributed by atoms with Crippen molar-refractivity contribution in [3.8, 4) is 17.0 Å². The molecule has 2 unspecified atom stereocenters. The number of rotatable bonds is 6. The molecule has 196 valence electrons. The van der Waals surface area contributed by atoms with Gasteiger partial charge in [0.25, 0.3) is 0 Å². The van der Waals surface area contributed by atoms with Crippen LogP contribution < -0.4 is 4.18 Å². The first-order valence-electron chi connectivity index (χ1n) is 11.6. The van der Waals surface area contributed by atoms with Gasteiger partial charge in [0.2, 0.25) is 15.7 Å². The van der Waals surface area contributed by atoms with Gasteiger partial charge in [-0.15, -0.1) is 0 Å². The number of sulfone groups is 1. The maximum atomic E-state index is 13.3. The SMILES string of the molecule is CCn1ncc(-c2cc(C)c3c(c2C)C(OC)C(C)C(=C=O)S3(=O)=O)c1OS(=O)(=O)c1ccc(C)cc1. The molecule has 0 saturated carbocycles. The Bertz CT molecular complexity index is 1650. The molecule has 37 heavy (non-hydrogen) atoms. The monoisotopic (exact) mass is 544 g/mol. The van der Waals surface area contributed by atoms with Gasteiger partial charge in [0.05, 0.1) is 22.8 Å². The van der Waals surface area contributed by atoms with E-state index < -0.39 is 32.0 Å². The Hall–Kier alpha value is -3.24. The lowest BCUT2D eigenvalue weighted by Crippen LogP contribution is -2.29. The second-order valence-electron chi connectivity index (χ2n) is 9.05. The van der Waals surface area contributed by atoms with Gasteiger partial charge >= 0.3 is 10.1 Å². The molecule has 2 heterocycles. The molecule has 3 aromatic rings. The molecule has 0 N–H and O–H groups in total. The van der Waals surface area contributed by atoms with E-state index in [4.69, 9.17) is 8.92 Å². The number of ether oxygens (including phenoxy) is 1. The minimum Gasteiger partial charge on any atom is -0.376 e. The third kappa shape index (κ3) is 4.31. The second kappa shape index (κ2) is 9.57. The van der Waals surface area contributed by atoms with Gasteiger partial charge in [-0.3, -0.25) is 0 Å². The van der Waals surface area contributed by atoms with Crippen LogP contribution in [-0.2, 0) is 36.0 Å². The van der Waals surface area contributed by atoms with E-state index in [0.717, 1.165) is 5.56 Å². The number of carbonyl (C=O) groups excluding carboxylic acids is 1. The maximum absolute atomic E-state index is 13.3. The average Bonchev–Trinajstić information content (AvgIpc) is 3.22. The van der Waals surface area contributed by atoms with Crippen LogP contribution in [0.4, 0.5) is 0 Å². The zero-order valence-electron chi connectivity index (χ0n) is 21.4. The lowest BCUT2D eigenvalue weighted by molar-refractivity contribution is 0.0682. The first kappa shape index (κ1) is 26.8. The molecule has 0 saturated heterocycles. The third-order valence-corrected chi connectivity index (χ3v) is 10.1. The fourth-order valence-electron chi connectivity index (χ4n) is 4.84.